The largest absolute Gasteiger partial charge is 0.506 e. The quantitative estimate of drug-likeness (QED) is 0.677. The van der Waals surface area contributed by atoms with E-state index in [4.69, 9.17) is 0 Å². The van der Waals surface area contributed by atoms with Crippen molar-refractivity contribution in [3.8, 4) is 5.75 Å². The fourth-order valence-corrected chi connectivity index (χ4v) is 1.74. The molecule has 0 aliphatic rings. The summed E-state index contributed by atoms with van der Waals surface area (Å²) in [5.74, 6) is 0.313. The normalized spacial score (nSPS) is 11.0. The minimum absolute atomic E-state index is 0.313. The first kappa shape index (κ1) is 9.09. The van der Waals surface area contributed by atoms with Crippen molar-refractivity contribution in [3.63, 3.8) is 0 Å². The van der Waals surface area contributed by atoms with Gasteiger partial charge in [0, 0.05) is 17.6 Å². The van der Waals surface area contributed by atoms with Crippen LogP contribution in [0.4, 0.5) is 0 Å². The van der Waals surface area contributed by atoms with Gasteiger partial charge < -0.3 is 15.4 Å². The molecule has 1 aromatic carbocycles. The molecule has 0 fully saturated rings. The minimum Gasteiger partial charge on any atom is -0.506 e. The third-order valence-corrected chi connectivity index (χ3v) is 2.53. The fraction of sp³-hybridized carbons (Fsp3) is 0.273. The van der Waals surface area contributed by atoms with E-state index in [0.29, 0.717) is 5.75 Å². The van der Waals surface area contributed by atoms with Crippen molar-refractivity contribution >= 4 is 10.9 Å². The van der Waals surface area contributed by atoms with Crippen LogP contribution in [0.1, 0.15) is 11.3 Å². The molecule has 3 heteroatoms. The smallest absolute Gasteiger partial charge is 0.139 e. The Kier molecular flexibility index (Phi) is 2.17. The molecule has 1 heterocycles. The number of phenolic OH excluding ortho intramolecular Hbond substituents is 1. The lowest BCUT2D eigenvalue weighted by Gasteiger charge is -1.96. The van der Waals surface area contributed by atoms with E-state index in [1.807, 2.05) is 19.2 Å². The van der Waals surface area contributed by atoms with Crippen molar-refractivity contribution in [3.05, 3.63) is 29.5 Å². The summed E-state index contributed by atoms with van der Waals surface area (Å²) in [5, 5.41) is 13.8. The fourth-order valence-electron chi connectivity index (χ4n) is 1.74. The van der Waals surface area contributed by atoms with E-state index >= 15 is 0 Å². The van der Waals surface area contributed by atoms with Crippen molar-refractivity contribution in [1.82, 2.24) is 10.3 Å². The summed E-state index contributed by atoms with van der Waals surface area (Å²) in [5.41, 5.74) is 3.16. The summed E-state index contributed by atoms with van der Waals surface area (Å²) < 4.78 is 0. The van der Waals surface area contributed by atoms with Crippen molar-refractivity contribution in [2.75, 3.05) is 7.05 Å². The maximum absolute atomic E-state index is 9.63. The predicted octanol–water partition coefficient (Wildman–Crippen LogP) is 1.90. The van der Waals surface area contributed by atoms with Crippen molar-refractivity contribution in [2.45, 2.75) is 13.5 Å². The number of aromatic hydroxyl groups is 1. The zero-order valence-corrected chi connectivity index (χ0v) is 8.39. The van der Waals surface area contributed by atoms with Gasteiger partial charge in [-0.1, -0.05) is 12.1 Å². The van der Waals surface area contributed by atoms with E-state index in [9.17, 15) is 5.11 Å². The number of aromatic amines is 1. The Morgan fingerprint density at radius 3 is 2.86 bits per heavy atom. The van der Waals surface area contributed by atoms with E-state index < -0.39 is 0 Å². The molecule has 0 amide bonds. The summed E-state index contributed by atoms with van der Waals surface area (Å²) >= 11 is 0. The number of phenols is 1. The summed E-state index contributed by atoms with van der Waals surface area (Å²) in [6, 6.07) is 5.57. The molecule has 14 heavy (non-hydrogen) atoms. The zero-order valence-electron chi connectivity index (χ0n) is 8.39. The highest BCUT2D eigenvalue weighted by Crippen LogP contribution is 2.28. The van der Waals surface area contributed by atoms with Gasteiger partial charge in [-0.05, 0) is 25.6 Å². The average Bonchev–Trinajstić information content (AvgIpc) is 2.48. The highest BCUT2D eigenvalue weighted by molar-refractivity contribution is 5.89. The van der Waals surface area contributed by atoms with E-state index in [1.165, 1.54) is 5.56 Å². The van der Waals surface area contributed by atoms with Crippen molar-refractivity contribution < 1.29 is 5.11 Å². The molecule has 74 valence electrons. The maximum Gasteiger partial charge on any atom is 0.139 e. The topological polar surface area (TPSA) is 48.0 Å². The molecule has 0 atom stereocenters. The summed E-state index contributed by atoms with van der Waals surface area (Å²) in [4.78, 5) is 3.22. The van der Waals surface area contributed by atoms with Crippen LogP contribution in [0.2, 0.25) is 0 Å². The second-order valence-corrected chi connectivity index (χ2v) is 3.46. The van der Waals surface area contributed by atoms with E-state index in [-0.39, 0.29) is 0 Å². The van der Waals surface area contributed by atoms with Crippen LogP contribution < -0.4 is 5.32 Å². The van der Waals surface area contributed by atoms with Crippen LogP contribution in [0.5, 0.6) is 5.75 Å². The van der Waals surface area contributed by atoms with Gasteiger partial charge in [-0.15, -0.1) is 0 Å². The molecule has 1 aromatic heterocycles. The Bertz CT molecular complexity index is 460. The number of fused-ring (bicyclic) bond motifs is 1. The number of benzene rings is 1. The van der Waals surface area contributed by atoms with Gasteiger partial charge in [-0.25, -0.2) is 0 Å². The Hall–Kier alpha value is -1.48. The molecule has 2 aromatic rings. The van der Waals surface area contributed by atoms with Gasteiger partial charge in [-0.3, -0.25) is 0 Å². The van der Waals surface area contributed by atoms with Gasteiger partial charge in [0.05, 0.1) is 5.52 Å². The molecule has 0 spiro atoms. The summed E-state index contributed by atoms with van der Waals surface area (Å²) in [7, 11) is 1.91. The molecule has 0 aliphatic carbocycles. The Morgan fingerprint density at radius 1 is 1.43 bits per heavy atom. The molecule has 0 radical (unpaired) electrons. The van der Waals surface area contributed by atoms with Crippen LogP contribution in [0.25, 0.3) is 10.9 Å². The molecule has 0 bridgehead atoms. The third-order valence-electron chi connectivity index (χ3n) is 2.53. The highest BCUT2D eigenvalue weighted by atomic mass is 16.3. The standard InChI is InChI=1S/C11H14N2O/c1-7-8-4-3-5-10(14)11(8)13-9(7)6-12-2/h3-5,12-14H,6H2,1-2H3. The Balaban J connectivity index is 2.67. The van der Waals surface area contributed by atoms with Crippen LogP contribution in [0.15, 0.2) is 18.2 Å². The van der Waals surface area contributed by atoms with Crippen LogP contribution in [0.3, 0.4) is 0 Å². The molecule has 3 N–H and O–H groups in total. The van der Waals surface area contributed by atoms with Gasteiger partial charge in [0.2, 0.25) is 0 Å². The van der Waals surface area contributed by atoms with Gasteiger partial charge in [0.1, 0.15) is 5.75 Å². The maximum atomic E-state index is 9.63. The number of hydrogen-bond acceptors (Lipinski definition) is 2. The first-order valence-electron chi connectivity index (χ1n) is 4.67. The third kappa shape index (κ3) is 1.26. The van der Waals surface area contributed by atoms with Crippen molar-refractivity contribution in [2.24, 2.45) is 0 Å². The number of rotatable bonds is 2. The first-order valence-corrected chi connectivity index (χ1v) is 4.67. The molecule has 0 saturated carbocycles. The lowest BCUT2D eigenvalue weighted by Crippen LogP contribution is -2.06. The van der Waals surface area contributed by atoms with E-state index in [2.05, 4.69) is 17.2 Å². The van der Waals surface area contributed by atoms with Crippen LogP contribution in [0, 0.1) is 6.92 Å². The average molecular weight is 190 g/mol. The Labute approximate surface area is 82.8 Å². The molecule has 3 nitrogen and oxygen atoms in total. The second kappa shape index (κ2) is 3.35. The summed E-state index contributed by atoms with van der Waals surface area (Å²) in [6.07, 6.45) is 0. The van der Waals surface area contributed by atoms with Crippen LogP contribution in [-0.4, -0.2) is 17.1 Å². The van der Waals surface area contributed by atoms with Gasteiger partial charge in [0.25, 0.3) is 0 Å². The van der Waals surface area contributed by atoms with Gasteiger partial charge >= 0.3 is 0 Å². The van der Waals surface area contributed by atoms with Crippen molar-refractivity contribution in [1.29, 1.82) is 0 Å². The van der Waals surface area contributed by atoms with E-state index in [0.717, 1.165) is 23.1 Å². The van der Waals surface area contributed by atoms with Gasteiger partial charge in [-0.2, -0.15) is 0 Å². The predicted molar refractivity (Wildman–Crippen MR) is 57.5 cm³/mol. The number of H-pyrrole nitrogens is 1. The second-order valence-electron chi connectivity index (χ2n) is 3.46. The number of para-hydroxylation sites is 1. The molecular weight excluding hydrogens is 176 g/mol. The first-order chi connectivity index (χ1) is 6.74. The lowest BCUT2D eigenvalue weighted by molar-refractivity contribution is 0.480. The molecule has 2 rings (SSSR count). The highest BCUT2D eigenvalue weighted by Gasteiger charge is 2.08. The van der Waals surface area contributed by atoms with Crippen LogP contribution in [-0.2, 0) is 6.54 Å². The summed E-state index contributed by atoms with van der Waals surface area (Å²) in [6.45, 7) is 2.85. The minimum atomic E-state index is 0.313. The molecule has 0 aliphatic heterocycles. The zero-order chi connectivity index (χ0) is 10.1. The molecule has 0 saturated heterocycles. The van der Waals surface area contributed by atoms with Gasteiger partial charge in [0.15, 0.2) is 0 Å². The Morgan fingerprint density at radius 2 is 2.21 bits per heavy atom. The monoisotopic (exact) mass is 190 g/mol. The SMILES string of the molecule is CNCc1[nH]c2c(O)cccc2c1C. The van der Waals surface area contributed by atoms with Crippen LogP contribution >= 0.6 is 0 Å². The lowest BCUT2D eigenvalue weighted by atomic mass is 10.1. The number of nitrogens with one attached hydrogen (secondary N) is 2. The number of hydrogen-bond donors (Lipinski definition) is 3. The number of aromatic nitrogens is 1. The molecular formula is C11H14N2O. The van der Waals surface area contributed by atoms with E-state index in [1.54, 1.807) is 6.07 Å². The number of aryl methyl sites for hydroxylation is 1. The molecule has 0 unspecified atom stereocenters.